The average molecular weight is 394 g/mol. The van der Waals surface area contributed by atoms with E-state index in [1.165, 1.54) is 0 Å². The van der Waals surface area contributed by atoms with E-state index in [1.807, 2.05) is 0 Å². The number of rotatable bonds is 10. The summed E-state index contributed by atoms with van der Waals surface area (Å²) in [4.78, 5) is 21.7. The van der Waals surface area contributed by atoms with Crippen LogP contribution in [-0.2, 0) is 26.7 Å². The average Bonchev–Trinajstić information content (AvgIpc) is 2.37. The minimum atomic E-state index is -1.17. The minimum absolute atomic E-state index is 0. The van der Waals surface area contributed by atoms with Gasteiger partial charge in [0.15, 0.2) is 0 Å². The molecule has 0 aromatic carbocycles. The molecule has 0 aliphatic carbocycles. The van der Waals surface area contributed by atoms with Gasteiger partial charge in [0.25, 0.3) is 0 Å². The number of carbonyl (C=O) groups is 2. The van der Waals surface area contributed by atoms with Crippen LogP contribution in [0.3, 0.4) is 0 Å². The van der Waals surface area contributed by atoms with Crippen LogP contribution in [0.5, 0.6) is 0 Å². The molecule has 0 bridgehead atoms. The van der Waals surface area contributed by atoms with Gasteiger partial charge in [-0.25, -0.2) is 0 Å². The predicted molar refractivity (Wildman–Crippen MR) is 74.0 cm³/mol. The number of aliphatic hydroxyl groups is 3. The third-order valence-electron chi connectivity index (χ3n) is 2.24. The van der Waals surface area contributed by atoms with Crippen molar-refractivity contribution in [3.05, 3.63) is 0 Å². The number of hydrogen-bond donors (Lipinski definition) is 6. The smallest absolute Gasteiger partial charge is 0.870 e. The molecule has 145 valence electrons. The predicted octanol–water partition coefficient (Wildman–Crippen LogP) is -2.83. The summed E-state index contributed by atoms with van der Waals surface area (Å²) in [5.74, 6) is -2.20. The van der Waals surface area contributed by atoms with Crippen LogP contribution in [0.2, 0.25) is 0 Å². The maximum Gasteiger partial charge on any atom is 2.00 e. The van der Waals surface area contributed by atoms with Gasteiger partial charge in [0.2, 0.25) is 0 Å². The van der Waals surface area contributed by atoms with E-state index in [0.29, 0.717) is 19.6 Å². The van der Waals surface area contributed by atoms with Crippen molar-refractivity contribution in [1.82, 2.24) is 4.90 Å². The van der Waals surface area contributed by atoms with Gasteiger partial charge in [0.05, 0.1) is 19.8 Å². The first-order valence-electron chi connectivity index (χ1n) is 6.14. The van der Waals surface area contributed by atoms with Gasteiger partial charge < -0.3 is 42.2 Å². The molecule has 1 radical (unpaired) electrons. The Morgan fingerprint density at radius 1 is 0.913 bits per heavy atom. The van der Waals surface area contributed by atoms with Gasteiger partial charge in [0.1, 0.15) is 6.04 Å². The monoisotopic (exact) mass is 393 g/mol. The van der Waals surface area contributed by atoms with Crippen LogP contribution in [-0.4, -0.2) is 98.8 Å². The first-order chi connectivity index (χ1) is 9.38. The van der Waals surface area contributed by atoms with E-state index in [9.17, 15) is 9.59 Å². The van der Waals surface area contributed by atoms with Gasteiger partial charge in [-0.1, -0.05) is 0 Å². The van der Waals surface area contributed by atoms with Crippen molar-refractivity contribution in [2.75, 3.05) is 39.5 Å². The second-order valence-corrected chi connectivity index (χ2v) is 3.89. The van der Waals surface area contributed by atoms with Crippen molar-refractivity contribution in [3.8, 4) is 0 Å². The fourth-order valence-electron chi connectivity index (χ4n) is 1.16. The molecule has 0 aliphatic heterocycles. The Labute approximate surface area is 144 Å². The maximum atomic E-state index is 9.99. The van der Waals surface area contributed by atoms with Crippen LogP contribution < -0.4 is 5.73 Å². The molecule has 1 atom stereocenters. The van der Waals surface area contributed by atoms with Gasteiger partial charge >= 0.3 is 29.0 Å². The van der Waals surface area contributed by atoms with Crippen molar-refractivity contribution < 1.29 is 63.1 Å². The number of carboxylic acids is 2. The SMILES string of the molecule is NC(CCC(=O)O)C(=O)O.OCCN(CCO)CCO.[Cu+2].[OH-].[OH-]. The van der Waals surface area contributed by atoms with Crippen molar-refractivity contribution >= 4 is 11.9 Å². The van der Waals surface area contributed by atoms with E-state index in [0.717, 1.165) is 0 Å². The Morgan fingerprint density at radius 3 is 1.48 bits per heavy atom. The second kappa shape index (κ2) is 23.4. The van der Waals surface area contributed by atoms with Gasteiger partial charge in [-0.15, -0.1) is 0 Å². The molecule has 0 saturated heterocycles. The Balaban J connectivity index is -0.0000000831. The first-order valence-corrected chi connectivity index (χ1v) is 6.14. The molecular weight excluding hydrogens is 368 g/mol. The Morgan fingerprint density at radius 2 is 1.26 bits per heavy atom. The summed E-state index contributed by atoms with van der Waals surface area (Å²) in [5.41, 5.74) is 5.00. The minimum Gasteiger partial charge on any atom is -0.870 e. The molecule has 12 heteroatoms. The van der Waals surface area contributed by atoms with Crippen molar-refractivity contribution in [1.29, 1.82) is 0 Å². The van der Waals surface area contributed by atoms with Crippen molar-refractivity contribution in [2.45, 2.75) is 18.9 Å². The third-order valence-corrected chi connectivity index (χ3v) is 2.24. The molecule has 23 heavy (non-hydrogen) atoms. The van der Waals surface area contributed by atoms with Crippen LogP contribution in [0.15, 0.2) is 0 Å². The third kappa shape index (κ3) is 26.4. The number of carboxylic acid groups (broad SMARTS) is 2. The van der Waals surface area contributed by atoms with Gasteiger partial charge in [-0.05, 0) is 6.42 Å². The molecule has 0 fully saturated rings. The molecule has 0 saturated carbocycles. The van der Waals surface area contributed by atoms with E-state index in [-0.39, 0.29) is 60.7 Å². The number of aliphatic carboxylic acids is 2. The quantitative estimate of drug-likeness (QED) is 0.207. The molecule has 0 heterocycles. The molecule has 9 N–H and O–H groups in total. The van der Waals surface area contributed by atoms with E-state index in [4.69, 9.17) is 31.3 Å². The summed E-state index contributed by atoms with van der Waals surface area (Å²) in [6, 6.07) is -1.06. The van der Waals surface area contributed by atoms with E-state index in [2.05, 4.69) is 0 Å². The van der Waals surface area contributed by atoms with Crippen molar-refractivity contribution in [3.63, 3.8) is 0 Å². The van der Waals surface area contributed by atoms with Crippen LogP contribution in [0, 0.1) is 0 Å². The Hall–Kier alpha value is -0.821. The standard InChI is InChI=1S/C6H15NO3.C5H9NO4.Cu.2H2O/c8-4-1-7(2-5-9)3-6-10;6-3(5(9)10)1-2-4(7)8;;;/h8-10H,1-6H2;3H,1-2,6H2,(H,7,8)(H,9,10);;2*1H2/q;;+2;;/p-2. The summed E-state index contributed by atoms with van der Waals surface area (Å²) in [6.07, 6.45) is -0.224. The van der Waals surface area contributed by atoms with Gasteiger partial charge in [-0.2, -0.15) is 0 Å². The zero-order valence-electron chi connectivity index (χ0n) is 12.5. The van der Waals surface area contributed by atoms with Gasteiger partial charge in [0, 0.05) is 26.1 Å². The van der Waals surface area contributed by atoms with E-state index >= 15 is 0 Å². The summed E-state index contributed by atoms with van der Waals surface area (Å²) in [5, 5.41) is 41.7. The zero-order chi connectivity index (χ0) is 16.0. The molecule has 0 aliphatic rings. The molecule has 0 rings (SSSR count). The number of nitrogens with two attached hydrogens (primary N) is 1. The zero-order valence-corrected chi connectivity index (χ0v) is 13.4. The summed E-state index contributed by atoms with van der Waals surface area (Å²) < 4.78 is 0. The fourth-order valence-corrected chi connectivity index (χ4v) is 1.16. The number of nitrogens with zero attached hydrogens (tertiary/aromatic N) is 1. The molecule has 0 aromatic rings. The van der Waals surface area contributed by atoms with E-state index in [1.54, 1.807) is 4.90 Å². The van der Waals surface area contributed by atoms with Crippen LogP contribution in [0.1, 0.15) is 12.8 Å². The normalized spacial score (nSPS) is 10.1. The van der Waals surface area contributed by atoms with Gasteiger partial charge in [-0.3, -0.25) is 14.5 Å². The molecule has 0 amide bonds. The van der Waals surface area contributed by atoms with E-state index < -0.39 is 18.0 Å². The molecule has 0 aromatic heterocycles. The van der Waals surface area contributed by atoms with Crippen LogP contribution >= 0.6 is 0 Å². The van der Waals surface area contributed by atoms with Crippen LogP contribution in [0.25, 0.3) is 0 Å². The number of hydrogen-bond acceptors (Lipinski definition) is 9. The number of aliphatic hydroxyl groups excluding tert-OH is 3. The molecule has 0 spiro atoms. The summed E-state index contributed by atoms with van der Waals surface area (Å²) >= 11 is 0. The summed E-state index contributed by atoms with van der Waals surface area (Å²) in [6.45, 7) is 1.75. The Kier molecular flexibility index (Phi) is 34.4. The van der Waals surface area contributed by atoms with Crippen molar-refractivity contribution in [2.24, 2.45) is 5.73 Å². The topological polar surface area (TPSA) is 225 Å². The maximum absolute atomic E-state index is 9.99. The summed E-state index contributed by atoms with van der Waals surface area (Å²) in [7, 11) is 0. The molecule has 11 nitrogen and oxygen atoms in total. The van der Waals surface area contributed by atoms with Crippen LogP contribution in [0.4, 0.5) is 0 Å². The molecule has 1 unspecified atom stereocenters. The Bertz CT molecular complexity index is 258. The first kappa shape index (κ1) is 33.7. The largest absolute Gasteiger partial charge is 2.00 e. The molecular formula is C11H26CuN2O9. The second-order valence-electron chi connectivity index (χ2n) is 3.89. The fraction of sp³-hybridized carbons (Fsp3) is 0.818.